The van der Waals surface area contributed by atoms with Crippen molar-refractivity contribution in [1.29, 1.82) is 0 Å². The van der Waals surface area contributed by atoms with E-state index in [2.05, 4.69) is 30.9 Å². The molecule has 0 spiro atoms. The molecule has 23 heavy (non-hydrogen) atoms. The topological polar surface area (TPSA) is 66.6 Å². The minimum atomic E-state index is 0.191. The first kappa shape index (κ1) is 14.4. The standard InChI is InChI=1S/C16H22N6O/c1-11-9-15(22-16(19-11)17-10-18-22)21-8-4-6-14(21)13-5-3-7-20(13)12(2)23/h9-10,13-14H,3-8H2,1-2H3/t13-,14-/m0/s1. The Kier molecular flexibility index (Phi) is 3.43. The van der Waals surface area contributed by atoms with Crippen LogP contribution in [0.2, 0.25) is 0 Å². The summed E-state index contributed by atoms with van der Waals surface area (Å²) in [5.41, 5.74) is 0.945. The van der Waals surface area contributed by atoms with Crippen LogP contribution in [0.25, 0.3) is 5.78 Å². The van der Waals surface area contributed by atoms with Crippen LogP contribution in [-0.4, -0.2) is 55.6 Å². The third-order valence-electron chi connectivity index (χ3n) is 5.10. The van der Waals surface area contributed by atoms with Crippen LogP contribution in [0.5, 0.6) is 0 Å². The zero-order valence-corrected chi connectivity index (χ0v) is 13.6. The molecule has 0 unspecified atom stereocenters. The summed E-state index contributed by atoms with van der Waals surface area (Å²) in [7, 11) is 0. The molecule has 2 aromatic heterocycles. The van der Waals surface area contributed by atoms with Gasteiger partial charge in [0.15, 0.2) is 0 Å². The molecule has 0 aliphatic carbocycles. The van der Waals surface area contributed by atoms with Crippen molar-refractivity contribution in [3.8, 4) is 0 Å². The zero-order chi connectivity index (χ0) is 16.0. The number of likely N-dealkylation sites (tertiary alicyclic amines) is 1. The van der Waals surface area contributed by atoms with E-state index < -0.39 is 0 Å². The van der Waals surface area contributed by atoms with Gasteiger partial charge in [0.25, 0.3) is 5.78 Å². The number of hydrogen-bond donors (Lipinski definition) is 0. The fraction of sp³-hybridized carbons (Fsp3) is 0.625. The second kappa shape index (κ2) is 5.47. The number of carbonyl (C=O) groups excluding carboxylic acids is 1. The maximum atomic E-state index is 12.0. The summed E-state index contributed by atoms with van der Waals surface area (Å²) in [6, 6.07) is 2.74. The van der Waals surface area contributed by atoms with Crippen LogP contribution < -0.4 is 4.90 Å². The molecule has 0 N–H and O–H groups in total. The van der Waals surface area contributed by atoms with E-state index in [9.17, 15) is 4.79 Å². The number of amides is 1. The van der Waals surface area contributed by atoms with E-state index in [0.717, 1.165) is 50.3 Å². The van der Waals surface area contributed by atoms with Crippen LogP contribution in [0.3, 0.4) is 0 Å². The number of hydrogen-bond acceptors (Lipinski definition) is 5. The van der Waals surface area contributed by atoms with Crippen molar-refractivity contribution < 1.29 is 4.79 Å². The molecule has 122 valence electrons. The van der Waals surface area contributed by atoms with Gasteiger partial charge in [-0.1, -0.05) is 0 Å². The summed E-state index contributed by atoms with van der Waals surface area (Å²) < 4.78 is 1.82. The van der Waals surface area contributed by atoms with Gasteiger partial charge < -0.3 is 9.80 Å². The lowest BCUT2D eigenvalue weighted by molar-refractivity contribution is -0.129. The maximum Gasteiger partial charge on any atom is 0.254 e. The molecule has 2 fully saturated rings. The number of anilines is 1. The third kappa shape index (κ3) is 2.34. The van der Waals surface area contributed by atoms with E-state index in [4.69, 9.17) is 0 Å². The second-order valence-corrected chi connectivity index (χ2v) is 6.55. The van der Waals surface area contributed by atoms with E-state index in [1.807, 2.05) is 11.4 Å². The minimum Gasteiger partial charge on any atom is -0.351 e. The van der Waals surface area contributed by atoms with Crippen molar-refractivity contribution in [3.05, 3.63) is 18.1 Å². The van der Waals surface area contributed by atoms with Gasteiger partial charge in [-0.2, -0.15) is 14.6 Å². The third-order valence-corrected chi connectivity index (χ3v) is 5.10. The molecule has 0 radical (unpaired) electrons. The Bertz CT molecular complexity index is 741. The highest BCUT2D eigenvalue weighted by Crippen LogP contribution is 2.33. The van der Waals surface area contributed by atoms with Crippen molar-refractivity contribution in [2.75, 3.05) is 18.0 Å². The number of aromatic nitrogens is 4. The maximum absolute atomic E-state index is 12.0. The Morgan fingerprint density at radius 3 is 2.83 bits per heavy atom. The van der Waals surface area contributed by atoms with Crippen molar-refractivity contribution in [1.82, 2.24) is 24.5 Å². The minimum absolute atomic E-state index is 0.191. The van der Waals surface area contributed by atoms with Gasteiger partial charge in [-0.05, 0) is 32.6 Å². The zero-order valence-electron chi connectivity index (χ0n) is 13.6. The fourth-order valence-corrected chi connectivity index (χ4v) is 4.18. The molecule has 0 saturated carbocycles. The molecule has 0 bridgehead atoms. The molecule has 2 aliphatic rings. The van der Waals surface area contributed by atoms with Crippen molar-refractivity contribution in [2.24, 2.45) is 0 Å². The molecule has 2 aliphatic heterocycles. The Morgan fingerprint density at radius 2 is 2.00 bits per heavy atom. The summed E-state index contributed by atoms with van der Waals surface area (Å²) in [5.74, 6) is 1.87. The molecule has 7 heteroatoms. The predicted molar refractivity (Wildman–Crippen MR) is 86.3 cm³/mol. The molecule has 1 amide bonds. The van der Waals surface area contributed by atoms with E-state index in [-0.39, 0.29) is 5.91 Å². The van der Waals surface area contributed by atoms with Crippen LogP contribution in [-0.2, 0) is 4.79 Å². The SMILES string of the molecule is CC(=O)N1CCC[C@H]1[C@@H]1CCCN1c1cc(C)nc2ncnn12. The highest BCUT2D eigenvalue weighted by molar-refractivity contribution is 5.74. The number of rotatable bonds is 2. The lowest BCUT2D eigenvalue weighted by Crippen LogP contribution is -2.48. The van der Waals surface area contributed by atoms with E-state index in [1.54, 1.807) is 13.3 Å². The quantitative estimate of drug-likeness (QED) is 0.838. The molecule has 7 nitrogen and oxygen atoms in total. The molecule has 0 aromatic carbocycles. The second-order valence-electron chi connectivity index (χ2n) is 6.55. The number of aryl methyl sites for hydroxylation is 1. The smallest absolute Gasteiger partial charge is 0.254 e. The van der Waals surface area contributed by atoms with Gasteiger partial charge in [-0.15, -0.1) is 0 Å². The largest absolute Gasteiger partial charge is 0.351 e. The summed E-state index contributed by atoms with van der Waals surface area (Å²) in [5, 5.41) is 4.34. The van der Waals surface area contributed by atoms with Crippen molar-refractivity contribution in [3.63, 3.8) is 0 Å². The molecule has 2 saturated heterocycles. The van der Waals surface area contributed by atoms with Crippen LogP contribution in [0, 0.1) is 6.92 Å². The van der Waals surface area contributed by atoms with Gasteiger partial charge in [0, 0.05) is 31.8 Å². The first-order valence-electron chi connectivity index (χ1n) is 8.36. The lowest BCUT2D eigenvalue weighted by Gasteiger charge is -2.35. The monoisotopic (exact) mass is 314 g/mol. The predicted octanol–water partition coefficient (Wildman–Crippen LogP) is 1.41. The molecular formula is C16H22N6O. The van der Waals surface area contributed by atoms with E-state index in [0.29, 0.717) is 17.9 Å². The van der Waals surface area contributed by atoms with Gasteiger partial charge in [0.05, 0.1) is 12.1 Å². The average Bonchev–Trinajstić information content (AvgIpc) is 3.24. The van der Waals surface area contributed by atoms with E-state index in [1.165, 1.54) is 0 Å². The Balaban J connectivity index is 1.72. The van der Waals surface area contributed by atoms with Gasteiger partial charge in [-0.3, -0.25) is 4.79 Å². The van der Waals surface area contributed by atoms with Gasteiger partial charge in [0.2, 0.25) is 5.91 Å². The normalized spacial score (nSPS) is 24.8. The Morgan fingerprint density at radius 1 is 1.22 bits per heavy atom. The van der Waals surface area contributed by atoms with Gasteiger partial charge in [0.1, 0.15) is 12.1 Å². The molecular weight excluding hydrogens is 292 g/mol. The Labute approximate surface area is 135 Å². The van der Waals surface area contributed by atoms with Crippen LogP contribution in [0.15, 0.2) is 12.4 Å². The number of carbonyl (C=O) groups is 1. The first-order chi connectivity index (χ1) is 11.1. The molecule has 2 aromatic rings. The van der Waals surface area contributed by atoms with Crippen LogP contribution in [0.1, 0.15) is 38.3 Å². The summed E-state index contributed by atoms with van der Waals surface area (Å²) in [4.78, 5) is 25.1. The number of fused-ring (bicyclic) bond motifs is 1. The van der Waals surface area contributed by atoms with Crippen LogP contribution >= 0.6 is 0 Å². The summed E-state index contributed by atoms with van der Waals surface area (Å²) in [6.07, 6.45) is 6.00. The van der Waals surface area contributed by atoms with Gasteiger partial charge in [-0.25, -0.2) is 4.98 Å². The molecule has 2 atom stereocenters. The average molecular weight is 314 g/mol. The lowest BCUT2D eigenvalue weighted by atomic mass is 10.0. The first-order valence-corrected chi connectivity index (χ1v) is 8.36. The van der Waals surface area contributed by atoms with Crippen molar-refractivity contribution >= 4 is 17.5 Å². The van der Waals surface area contributed by atoms with Crippen molar-refractivity contribution in [2.45, 2.75) is 51.6 Å². The fourth-order valence-electron chi connectivity index (χ4n) is 4.18. The Hall–Kier alpha value is -2.18. The van der Waals surface area contributed by atoms with Gasteiger partial charge >= 0.3 is 0 Å². The molecule has 4 heterocycles. The highest BCUT2D eigenvalue weighted by atomic mass is 16.2. The number of nitrogens with zero attached hydrogens (tertiary/aromatic N) is 6. The van der Waals surface area contributed by atoms with E-state index >= 15 is 0 Å². The van der Waals surface area contributed by atoms with Crippen LogP contribution in [0.4, 0.5) is 5.82 Å². The summed E-state index contributed by atoms with van der Waals surface area (Å²) >= 11 is 0. The summed E-state index contributed by atoms with van der Waals surface area (Å²) in [6.45, 7) is 5.55. The highest BCUT2D eigenvalue weighted by Gasteiger charge is 2.39. The molecule has 4 rings (SSSR count).